The first-order valence-electron chi connectivity index (χ1n) is 7.09. The molecule has 102 valence electrons. The molecule has 0 aliphatic heterocycles. The van der Waals surface area contributed by atoms with Gasteiger partial charge in [0.1, 0.15) is 17.4 Å². The van der Waals surface area contributed by atoms with E-state index in [2.05, 4.69) is 0 Å². The number of rotatable bonds is 1. The lowest BCUT2D eigenvalue weighted by Gasteiger charge is -2.39. The van der Waals surface area contributed by atoms with Crippen LogP contribution in [0.1, 0.15) is 50.0 Å². The summed E-state index contributed by atoms with van der Waals surface area (Å²) in [6, 6.07) is 3.85. The summed E-state index contributed by atoms with van der Waals surface area (Å²) in [5, 5.41) is 0. The average Bonchev–Trinajstić information content (AvgIpc) is 2.37. The Balaban J connectivity index is 1.75. The third-order valence-corrected chi connectivity index (χ3v) is 4.78. The Morgan fingerprint density at radius 1 is 0.947 bits per heavy atom. The predicted molar refractivity (Wildman–Crippen MR) is 68.8 cm³/mol. The Morgan fingerprint density at radius 3 is 2.42 bits per heavy atom. The van der Waals surface area contributed by atoms with Crippen LogP contribution in [0, 0.1) is 23.5 Å². The highest BCUT2D eigenvalue weighted by atomic mass is 19.1. The van der Waals surface area contributed by atoms with Gasteiger partial charge in [-0.05, 0) is 61.1 Å². The molecule has 0 heterocycles. The van der Waals surface area contributed by atoms with E-state index in [0.29, 0.717) is 24.0 Å². The molecule has 1 nitrogen and oxygen atoms in total. The maximum absolute atomic E-state index is 13.3. The van der Waals surface area contributed by atoms with E-state index in [1.165, 1.54) is 12.1 Å². The van der Waals surface area contributed by atoms with Crippen LogP contribution in [-0.2, 0) is 4.79 Å². The van der Waals surface area contributed by atoms with Crippen LogP contribution in [0.5, 0.6) is 0 Å². The smallest absolute Gasteiger partial charge is 0.133 e. The molecule has 0 bridgehead atoms. The molecule has 3 heteroatoms. The Hall–Kier alpha value is -1.25. The second kappa shape index (κ2) is 5.03. The topological polar surface area (TPSA) is 17.1 Å². The highest BCUT2D eigenvalue weighted by Gasteiger charge is 2.35. The zero-order valence-corrected chi connectivity index (χ0v) is 10.9. The van der Waals surface area contributed by atoms with E-state index in [-0.39, 0.29) is 5.92 Å². The summed E-state index contributed by atoms with van der Waals surface area (Å²) in [4.78, 5) is 11.5. The molecule has 1 aromatic carbocycles. The molecule has 19 heavy (non-hydrogen) atoms. The van der Waals surface area contributed by atoms with Crippen LogP contribution in [-0.4, -0.2) is 5.78 Å². The molecular weight excluding hydrogens is 246 g/mol. The number of benzene rings is 1. The minimum Gasteiger partial charge on any atom is -0.300 e. The van der Waals surface area contributed by atoms with Crippen molar-refractivity contribution in [1.82, 2.24) is 0 Å². The van der Waals surface area contributed by atoms with E-state index in [9.17, 15) is 13.6 Å². The van der Waals surface area contributed by atoms with Crippen molar-refractivity contribution in [3.63, 3.8) is 0 Å². The monoisotopic (exact) mass is 264 g/mol. The summed E-state index contributed by atoms with van der Waals surface area (Å²) < 4.78 is 26.6. The van der Waals surface area contributed by atoms with Crippen LogP contribution >= 0.6 is 0 Å². The van der Waals surface area contributed by atoms with E-state index in [1.54, 1.807) is 0 Å². The molecule has 3 rings (SSSR count). The van der Waals surface area contributed by atoms with Gasteiger partial charge in [-0.15, -0.1) is 0 Å². The minimum atomic E-state index is -0.490. The molecule has 0 spiro atoms. The van der Waals surface area contributed by atoms with Crippen LogP contribution < -0.4 is 0 Å². The summed E-state index contributed by atoms with van der Waals surface area (Å²) in [6.45, 7) is 0. The second-order valence-electron chi connectivity index (χ2n) is 6.01. The van der Waals surface area contributed by atoms with Crippen molar-refractivity contribution in [3.05, 3.63) is 35.4 Å². The standard InChI is InChI=1S/C16H18F2O/c17-14-6-13(7-15(18)9-14)11-1-2-12-8-16(19)4-3-10(12)5-11/h6-7,9-12H,1-5,8H2/t10-,11?,12+/m0/s1. The molecule has 3 atom stereocenters. The van der Waals surface area contributed by atoms with Gasteiger partial charge in [-0.3, -0.25) is 4.79 Å². The van der Waals surface area contributed by atoms with Crippen molar-refractivity contribution in [2.75, 3.05) is 0 Å². The van der Waals surface area contributed by atoms with Crippen LogP contribution in [0.2, 0.25) is 0 Å². The average molecular weight is 264 g/mol. The molecule has 2 saturated carbocycles. The summed E-state index contributed by atoms with van der Waals surface area (Å²) >= 11 is 0. The molecule has 2 aliphatic rings. The number of hydrogen-bond donors (Lipinski definition) is 0. The first-order valence-corrected chi connectivity index (χ1v) is 7.09. The molecule has 0 saturated heterocycles. The van der Waals surface area contributed by atoms with Crippen molar-refractivity contribution in [1.29, 1.82) is 0 Å². The molecule has 1 aromatic rings. The normalized spacial score (nSPS) is 31.1. The Morgan fingerprint density at radius 2 is 1.68 bits per heavy atom. The molecule has 0 radical (unpaired) electrons. The lowest BCUT2D eigenvalue weighted by atomic mass is 9.66. The maximum Gasteiger partial charge on any atom is 0.133 e. The van der Waals surface area contributed by atoms with Crippen molar-refractivity contribution in [2.24, 2.45) is 11.8 Å². The third-order valence-electron chi connectivity index (χ3n) is 4.78. The van der Waals surface area contributed by atoms with Gasteiger partial charge < -0.3 is 0 Å². The van der Waals surface area contributed by atoms with E-state index in [1.807, 2.05) is 0 Å². The number of Topliss-reactive ketones (excluding diaryl/α,β-unsaturated/α-hetero) is 1. The summed E-state index contributed by atoms with van der Waals surface area (Å²) in [6.07, 6.45) is 5.29. The van der Waals surface area contributed by atoms with E-state index in [0.717, 1.165) is 43.7 Å². The van der Waals surface area contributed by atoms with Crippen molar-refractivity contribution >= 4 is 5.78 Å². The van der Waals surface area contributed by atoms with Gasteiger partial charge >= 0.3 is 0 Å². The summed E-state index contributed by atoms with van der Waals surface area (Å²) in [5.74, 6) is 0.724. The van der Waals surface area contributed by atoms with Crippen LogP contribution in [0.25, 0.3) is 0 Å². The van der Waals surface area contributed by atoms with Gasteiger partial charge in [0, 0.05) is 18.9 Å². The molecule has 0 N–H and O–H groups in total. The maximum atomic E-state index is 13.3. The molecule has 0 aromatic heterocycles. The number of halogens is 2. The van der Waals surface area contributed by atoms with Gasteiger partial charge in [0.2, 0.25) is 0 Å². The van der Waals surface area contributed by atoms with Gasteiger partial charge in [0.25, 0.3) is 0 Å². The number of ketones is 1. The molecule has 2 fully saturated rings. The molecule has 2 aliphatic carbocycles. The highest BCUT2D eigenvalue weighted by Crippen LogP contribution is 2.45. The zero-order chi connectivity index (χ0) is 13.4. The van der Waals surface area contributed by atoms with E-state index >= 15 is 0 Å². The van der Waals surface area contributed by atoms with Gasteiger partial charge in [0.15, 0.2) is 0 Å². The fourth-order valence-corrected chi connectivity index (χ4v) is 3.80. The Kier molecular flexibility index (Phi) is 3.38. The van der Waals surface area contributed by atoms with Gasteiger partial charge in [0.05, 0.1) is 0 Å². The zero-order valence-electron chi connectivity index (χ0n) is 10.9. The first kappa shape index (κ1) is 12.8. The third kappa shape index (κ3) is 2.70. The van der Waals surface area contributed by atoms with Crippen LogP contribution in [0.3, 0.4) is 0 Å². The van der Waals surface area contributed by atoms with E-state index in [4.69, 9.17) is 0 Å². The fraction of sp³-hybridized carbons (Fsp3) is 0.562. The van der Waals surface area contributed by atoms with Gasteiger partial charge in [-0.2, -0.15) is 0 Å². The van der Waals surface area contributed by atoms with Gasteiger partial charge in [-0.1, -0.05) is 0 Å². The SMILES string of the molecule is O=C1CC[C@H]2CC(c3cc(F)cc(F)c3)CC[C@@H]2C1. The largest absolute Gasteiger partial charge is 0.300 e. The number of fused-ring (bicyclic) bond motifs is 1. The van der Waals surface area contributed by atoms with Crippen LogP contribution in [0.15, 0.2) is 18.2 Å². The number of carbonyl (C=O) groups excluding carboxylic acids is 1. The Labute approximate surface area is 112 Å². The summed E-state index contributed by atoms with van der Waals surface area (Å²) in [5.41, 5.74) is 0.785. The van der Waals surface area contributed by atoms with Gasteiger partial charge in [-0.25, -0.2) is 8.78 Å². The lowest BCUT2D eigenvalue weighted by molar-refractivity contribution is -0.123. The van der Waals surface area contributed by atoms with Crippen molar-refractivity contribution in [3.8, 4) is 0 Å². The molecular formula is C16H18F2O. The Bertz CT molecular complexity index is 477. The highest BCUT2D eigenvalue weighted by molar-refractivity contribution is 5.79. The second-order valence-corrected chi connectivity index (χ2v) is 6.01. The quantitative estimate of drug-likeness (QED) is 0.742. The van der Waals surface area contributed by atoms with E-state index < -0.39 is 11.6 Å². The number of carbonyl (C=O) groups is 1. The molecule has 0 amide bonds. The number of hydrogen-bond acceptors (Lipinski definition) is 1. The van der Waals surface area contributed by atoms with Crippen molar-refractivity contribution < 1.29 is 13.6 Å². The molecule has 1 unspecified atom stereocenters. The summed E-state index contributed by atoms with van der Waals surface area (Å²) in [7, 11) is 0. The lowest BCUT2D eigenvalue weighted by Crippen LogP contribution is -2.30. The van der Waals surface area contributed by atoms with Crippen LogP contribution in [0.4, 0.5) is 8.78 Å². The predicted octanol–water partition coefficient (Wildman–Crippen LogP) is 4.22. The first-order chi connectivity index (χ1) is 9.11. The fourth-order valence-electron chi connectivity index (χ4n) is 3.80. The minimum absolute atomic E-state index is 0.250. The van der Waals surface area contributed by atoms with Crippen molar-refractivity contribution in [2.45, 2.75) is 44.4 Å².